The van der Waals surface area contributed by atoms with Crippen molar-refractivity contribution < 1.29 is 4.79 Å². The zero-order valence-corrected chi connectivity index (χ0v) is 11.2. The maximum absolute atomic E-state index is 11.5. The fourth-order valence-corrected chi connectivity index (χ4v) is 1.79. The van der Waals surface area contributed by atoms with Crippen LogP contribution in [0.1, 0.15) is 13.8 Å². The zero-order chi connectivity index (χ0) is 11.3. The van der Waals surface area contributed by atoms with Gasteiger partial charge in [0.1, 0.15) is 0 Å². The number of benzene rings is 1. The average Bonchev–Trinajstić information content (AvgIpc) is 2.19. The minimum atomic E-state index is 0.0519. The third kappa shape index (κ3) is 5.23. The van der Waals surface area contributed by atoms with Crippen molar-refractivity contribution in [3.63, 3.8) is 0 Å². The molecular weight excluding hydrogens is 274 g/mol. The van der Waals surface area contributed by atoms with Crippen molar-refractivity contribution in [2.24, 2.45) is 0 Å². The van der Waals surface area contributed by atoms with E-state index in [-0.39, 0.29) is 5.91 Å². The summed E-state index contributed by atoms with van der Waals surface area (Å²) in [7, 11) is 0. The van der Waals surface area contributed by atoms with Gasteiger partial charge in [0.2, 0.25) is 5.91 Å². The highest BCUT2D eigenvalue weighted by molar-refractivity contribution is 9.10. The van der Waals surface area contributed by atoms with E-state index in [1.807, 2.05) is 24.3 Å². The monoisotopic (exact) mass is 287 g/mol. The van der Waals surface area contributed by atoms with Gasteiger partial charge in [-0.2, -0.15) is 0 Å². The maximum atomic E-state index is 11.5. The summed E-state index contributed by atoms with van der Waals surface area (Å²) in [5, 5.41) is 3.33. The number of thioether (sulfide) groups is 1. The number of rotatable bonds is 4. The number of hydrogen-bond acceptors (Lipinski definition) is 2. The van der Waals surface area contributed by atoms with Crippen LogP contribution in [0, 0.1) is 0 Å². The lowest BCUT2D eigenvalue weighted by atomic mass is 10.3. The first-order chi connectivity index (χ1) is 7.08. The van der Waals surface area contributed by atoms with Gasteiger partial charge in [0.05, 0.1) is 5.75 Å². The molecule has 2 nitrogen and oxygen atoms in total. The van der Waals surface area contributed by atoms with Crippen LogP contribution in [0.25, 0.3) is 0 Å². The normalized spacial score (nSPS) is 10.4. The SMILES string of the molecule is CC(C)SCC(=O)Nc1ccc(Br)cc1. The van der Waals surface area contributed by atoms with Crippen LogP contribution < -0.4 is 5.32 Å². The van der Waals surface area contributed by atoms with Crippen molar-refractivity contribution in [3.8, 4) is 0 Å². The van der Waals surface area contributed by atoms with Crippen LogP contribution in [0.15, 0.2) is 28.7 Å². The molecule has 1 aromatic carbocycles. The van der Waals surface area contributed by atoms with Gasteiger partial charge in [-0.25, -0.2) is 0 Å². The average molecular weight is 288 g/mol. The number of carbonyl (C=O) groups is 1. The molecule has 4 heteroatoms. The second-order valence-electron chi connectivity index (χ2n) is 3.41. The molecule has 0 aliphatic rings. The Morgan fingerprint density at radius 3 is 2.53 bits per heavy atom. The third-order valence-corrected chi connectivity index (χ3v) is 3.30. The highest BCUT2D eigenvalue weighted by Gasteiger charge is 2.03. The number of halogens is 1. The molecule has 0 saturated heterocycles. The fraction of sp³-hybridized carbons (Fsp3) is 0.364. The van der Waals surface area contributed by atoms with Crippen LogP contribution in [-0.4, -0.2) is 16.9 Å². The van der Waals surface area contributed by atoms with E-state index in [1.54, 1.807) is 11.8 Å². The molecule has 0 bridgehead atoms. The van der Waals surface area contributed by atoms with Crippen molar-refractivity contribution in [3.05, 3.63) is 28.7 Å². The van der Waals surface area contributed by atoms with Gasteiger partial charge in [0, 0.05) is 10.2 Å². The molecule has 82 valence electrons. The number of carbonyl (C=O) groups excluding carboxylic acids is 1. The predicted molar refractivity (Wildman–Crippen MR) is 70.4 cm³/mol. The molecule has 0 atom stereocenters. The summed E-state index contributed by atoms with van der Waals surface area (Å²) < 4.78 is 1.01. The van der Waals surface area contributed by atoms with E-state index >= 15 is 0 Å². The van der Waals surface area contributed by atoms with Crippen LogP contribution in [0.2, 0.25) is 0 Å². The van der Waals surface area contributed by atoms with Gasteiger partial charge in [0.25, 0.3) is 0 Å². The molecule has 0 aromatic heterocycles. The Balaban J connectivity index is 2.41. The topological polar surface area (TPSA) is 29.1 Å². The minimum absolute atomic E-state index is 0.0519. The second kappa shape index (κ2) is 6.18. The van der Waals surface area contributed by atoms with E-state index in [4.69, 9.17) is 0 Å². The Bertz CT molecular complexity index is 324. The van der Waals surface area contributed by atoms with Crippen LogP contribution in [-0.2, 0) is 4.79 Å². The molecule has 1 aromatic rings. The lowest BCUT2D eigenvalue weighted by molar-refractivity contribution is -0.113. The minimum Gasteiger partial charge on any atom is -0.325 e. The summed E-state index contributed by atoms with van der Waals surface area (Å²) in [4.78, 5) is 11.5. The molecule has 1 N–H and O–H groups in total. The van der Waals surface area contributed by atoms with Gasteiger partial charge >= 0.3 is 0 Å². The first kappa shape index (κ1) is 12.6. The van der Waals surface area contributed by atoms with E-state index in [0.29, 0.717) is 11.0 Å². The van der Waals surface area contributed by atoms with Crippen LogP contribution >= 0.6 is 27.7 Å². The quantitative estimate of drug-likeness (QED) is 0.918. The second-order valence-corrected chi connectivity index (χ2v) is 5.90. The van der Waals surface area contributed by atoms with Crippen molar-refractivity contribution >= 4 is 39.3 Å². The molecule has 0 radical (unpaired) electrons. The van der Waals surface area contributed by atoms with Crippen LogP contribution in [0.4, 0.5) is 5.69 Å². The molecule has 1 rings (SSSR count). The summed E-state index contributed by atoms with van der Waals surface area (Å²) in [5.74, 6) is 0.560. The first-order valence-electron chi connectivity index (χ1n) is 4.75. The lowest BCUT2D eigenvalue weighted by Gasteiger charge is -2.06. The summed E-state index contributed by atoms with van der Waals surface area (Å²) >= 11 is 4.99. The van der Waals surface area contributed by atoms with Gasteiger partial charge in [-0.1, -0.05) is 29.8 Å². The van der Waals surface area contributed by atoms with Crippen molar-refractivity contribution in [2.75, 3.05) is 11.1 Å². The Morgan fingerprint density at radius 1 is 1.40 bits per heavy atom. The third-order valence-electron chi connectivity index (χ3n) is 1.68. The van der Waals surface area contributed by atoms with Gasteiger partial charge < -0.3 is 5.32 Å². The molecule has 0 saturated carbocycles. The van der Waals surface area contributed by atoms with Crippen molar-refractivity contribution in [2.45, 2.75) is 19.1 Å². The van der Waals surface area contributed by atoms with Crippen molar-refractivity contribution in [1.82, 2.24) is 0 Å². The summed E-state index contributed by atoms with van der Waals surface area (Å²) in [6.45, 7) is 4.16. The summed E-state index contributed by atoms with van der Waals surface area (Å²) in [6, 6.07) is 7.57. The van der Waals surface area contributed by atoms with E-state index in [0.717, 1.165) is 10.2 Å². The van der Waals surface area contributed by atoms with Gasteiger partial charge in [0.15, 0.2) is 0 Å². The fourth-order valence-electron chi connectivity index (χ4n) is 0.973. The van der Waals surface area contributed by atoms with E-state index in [1.165, 1.54) is 0 Å². The Kier molecular flexibility index (Phi) is 5.19. The number of hydrogen-bond donors (Lipinski definition) is 1. The molecule has 15 heavy (non-hydrogen) atoms. The zero-order valence-electron chi connectivity index (χ0n) is 8.79. The molecule has 0 fully saturated rings. The summed E-state index contributed by atoms with van der Waals surface area (Å²) in [5.41, 5.74) is 0.840. The van der Waals surface area contributed by atoms with Gasteiger partial charge in [-0.15, -0.1) is 11.8 Å². The Hall–Kier alpha value is -0.480. The molecular formula is C11H14BrNOS. The predicted octanol–water partition coefficient (Wildman–Crippen LogP) is 3.53. The Morgan fingerprint density at radius 2 is 2.00 bits per heavy atom. The molecule has 0 unspecified atom stereocenters. The molecule has 0 aliphatic heterocycles. The van der Waals surface area contributed by atoms with E-state index in [2.05, 4.69) is 35.1 Å². The van der Waals surface area contributed by atoms with E-state index in [9.17, 15) is 4.79 Å². The number of anilines is 1. The largest absolute Gasteiger partial charge is 0.325 e. The molecule has 1 amide bonds. The molecule has 0 aliphatic carbocycles. The highest BCUT2D eigenvalue weighted by atomic mass is 79.9. The van der Waals surface area contributed by atoms with Gasteiger partial charge in [-0.3, -0.25) is 4.79 Å². The van der Waals surface area contributed by atoms with Crippen molar-refractivity contribution in [1.29, 1.82) is 0 Å². The highest BCUT2D eigenvalue weighted by Crippen LogP contribution is 2.15. The Labute approximate surface area is 103 Å². The molecule has 0 spiro atoms. The molecule has 0 heterocycles. The lowest BCUT2D eigenvalue weighted by Crippen LogP contribution is -2.15. The van der Waals surface area contributed by atoms with Crippen LogP contribution in [0.3, 0.4) is 0 Å². The first-order valence-corrected chi connectivity index (χ1v) is 6.59. The number of nitrogens with one attached hydrogen (secondary N) is 1. The number of amides is 1. The maximum Gasteiger partial charge on any atom is 0.234 e. The van der Waals surface area contributed by atoms with Gasteiger partial charge in [-0.05, 0) is 29.5 Å². The summed E-state index contributed by atoms with van der Waals surface area (Å²) in [6.07, 6.45) is 0. The van der Waals surface area contributed by atoms with Crippen LogP contribution in [0.5, 0.6) is 0 Å². The van der Waals surface area contributed by atoms with E-state index < -0.39 is 0 Å². The standard InChI is InChI=1S/C11H14BrNOS/c1-8(2)15-7-11(14)13-10-5-3-9(12)4-6-10/h3-6,8H,7H2,1-2H3,(H,13,14). The smallest absolute Gasteiger partial charge is 0.234 e.